The molecule has 24 heavy (non-hydrogen) atoms. The molecule has 1 aliphatic heterocycles. The Balaban J connectivity index is 1.82. The van der Waals surface area contributed by atoms with Crippen molar-refractivity contribution in [3.05, 3.63) is 47.9 Å². The van der Waals surface area contributed by atoms with E-state index in [4.69, 9.17) is 0 Å². The van der Waals surface area contributed by atoms with E-state index < -0.39 is 10.0 Å². The number of nitrogens with zero attached hydrogens (tertiary/aromatic N) is 3. The van der Waals surface area contributed by atoms with Crippen LogP contribution in [0.2, 0.25) is 0 Å². The topological polar surface area (TPSA) is 63.2 Å². The first-order valence-corrected chi connectivity index (χ1v) is 10.1. The molecule has 128 valence electrons. The fourth-order valence-electron chi connectivity index (χ4n) is 3.24. The number of benzene rings is 1. The maximum atomic E-state index is 11.8. The summed E-state index contributed by atoms with van der Waals surface area (Å²) in [6, 6.07) is 8.26. The first kappa shape index (κ1) is 17.0. The molecule has 1 aromatic heterocycles. The highest BCUT2D eigenvalue weighted by atomic mass is 32.2. The van der Waals surface area contributed by atoms with Gasteiger partial charge < -0.3 is 0 Å². The Kier molecular flexibility index (Phi) is 4.96. The molecule has 6 heteroatoms. The molecular formula is C18H23N3O2S. The summed E-state index contributed by atoms with van der Waals surface area (Å²) < 4.78 is 25.2. The smallest absolute Gasteiger partial charge is 0.211 e. The zero-order chi connectivity index (χ0) is 17.2. The van der Waals surface area contributed by atoms with E-state index in [9.17, 15) is 8.42 Å². The zero-order valence-electron chi connectivity index (χ0n) is 14.1. The van der Waals surface area contributed by atoms with Crippen molar-refractivity contribution in [3.8, 4) is 11.3 Å². The first-order chi connectivity index (χ1) is 11.4. The van der Waals surface area contributed by atoms with Crippen LogP contribution in [0.3, 0.4) is 0 Å². The van der Waals surface area contributed by atoms with Crippen molar-refractivity contribution < 1.29 is 8.42 Å². The minimum Gasteiger partial charge on any atom is -0.257 e. The summed E-state index contributed by atoms with van der Waals surface area (Å²) in [5.41, 5.74) is 4.11. The number of piperidine rings is 1. The third kappa shape index (κ3) is 3.99. The van der Waals surface area contributed by atoms with Crippen LogP contribution in [0.25, 0.3) is 11.3 Å². The van der Waals surface area contributed by atoms with E-state index in [1.807, 2.05) is 0 Å². The van der Waals surface area contributed by atoms with Gasteiger partial charge in [-0.3, -0.25) is 9.97 Å². The van der Waals surface area contributed by atoms with E-state index >= 15 is 0 Å². The molecule has 1 fully saturated rings. The second kappa shape index (κ2) is 6.99. The molecule has 0 saturated carbocycles. The summed E-state index contributed by atoms with van der Waals surface area (Å²) >= 11 is 0. The SMILES string of the molecule is Cc1ccc(-c2nccnc2CC2CCCN(S(C)(=O)=O)C2)cc1. The number of aromatic nitrogens is 2. The molecule has 1 saturated heterocycles. The maximum Gasteiger partial charge on any atom is 0.211 e. The van der Waals surface area contributed by atoms with E-state index in [0.29, 0.717) is 13.1 Å². The van der Waals surface area contributed by atoms with E-state index in [1.165, 1.54) is 11.8 Å². The van der Waals surface area contributed by atoms with Crippen LogP contribution >= 0.6 is 0 Å². The van der Waals surface area contributed by atoms with Crippen LogP contribution in [0.1, 0.15) is 24.1 Å². The molecule has 2 aromatic rings. The minimum atomic E-state index is -3.12. The van der Waals surface area contributed by atoms with E-state index in [-0.39, 0.29) is 5.92 Å². The molecule has 1 unspecified atom stereocenters. The van der Waals surface area contributed by atoms with Crippen LogP contribution < -0.4 is 0 Å². The summed E-state index contributed by atoms with van der Waals surface area (Å²) in [6.07, 6.45) is 7.39. The van der Waals surface area contributed by atoms with Gasteiger partial charge in [-0.25, -0.2) is 12.7 Å². The van der Waals surface area contributed by atoms with Crippen LogP contribution in [0.4, 0.5) is 0 Å². The van der Waals surface area contributed by atoms with Gasteiger partial charge in [0.2, 0.25) is 10.0 Å². The van der Waals surface area contributed by atoms with Gasteiger partial charge in [0.15, 0.2) is 0 Å². The number of rotatable bonds is 4. The number of sulfonamides is 1. The Morgan fingerprint density at radius 1 is 1.17 bits per heavy atom. The normalized spacial score (nSPS) is 19.3. The van der Waals surface area contributed by atoms with E-state index in [1.54, 1.807) is 16.7 Å². The highest BCUT2D eigenvalue weighted by molar-refractivity contribution is 7.88. The maximum absolute atomic E-state index is 11.8. The van der Waals surface area contributed by atoms with Crippen molar-refractivity contribution in [2.75, 3.05) is 19.3 Å². The quantitative estimate of drug-likeness (QED) is 0.855. The fourth-order valence-corrected chi connectivity index (χ4v) is 4.18. The van der Waals surface area contributed by atoms with Gasteiger partial charge in [0.1, 0.15) is 0 Å². The molecule has 2 heterocycles. The lowest BCUT2D eigenvalue weighted by Crippen LogP contribution is -2.39. The van der Waals surface area contributed by atoms with Crippen LogP contribution in [0.15, 0.2) is 36.7 Å². The average molecular weight is 345 g/mol. The van der Waals surface area contributed by atoms with Gasteiger partial charge >= 0.3 is 0 Å². The fraction of sp³-hybridized carbons (Fsp3) is 0.444. The Bertz CT molecular complexity index is 803. The molecule has 0 amide bonds. The van der Waals surface area contributed by atoms with Crippen molar-refractivity contribution in [2.24, 2.45) is 5.92 Å². The molecule has 5 nitrogen and oxygen atoms in total. The second-order valence-corrected chi connectivity index (χ2v) is 8.53. The van der Waals surface area contributed by atoms with Crippen LogP contribution in [0, 0.1) is 12.8 Å². The third-order valence-corrected chi connectivity index (χ3v) is 5.80. The van der Waals surface area contributed by atoms with Gasteiger partial charge in [-0.1, -0.05) is 29.8 Å². The molecule has 0 N–H and O–H groups in total. The van der Waals surface area contributed by atoms with E-state index in [0.717, 1.165) is 36.2 Å². The van der Waals surface area contributed by atoms with Gasteiger partial charge in [-0.15, -0.1) is 0 Å². The van der Waals surface area contributed by atoms with Crippen molar-refractivity contribution in [1.82, 2.24) is 14.3 Å². The number of hydrogen-bond donors (Lipinski definition) is 0. The molecule has 3 rings (SSSR count). The Morgan fingerprint density at radius 3 is 2.58 bits per heavy atom. The van der Waals surface area contributed by atoms with Crippen molar-refractivity contribution in [2.45, 2.75) is 26.2 Å². The summed E-state index contributed by atoms with van der Waals surface area (Å²) in [4.78, 5) is 9.05. The predicted molar refractivity (Wildman–Crippen MR) is 95.0 cm³/mol. The van der Waals surface area contributed by atoms with Crippen molar-refractivity contribution >= 4 is 10.0 Å². The third-order valence-electron chi connectivity index (χ3n) is 4.53. The molecule has 1 atom stereocenters. The highest BCUT2D eigenvalue weighted by Crippen LogP contribution is 2.26. The second-order valence-electron chi connectivity index (χ2n) is 6.55. The molecule has 0 aliphatic carbocycles. The monoisotopic (exact) mass is 345 g/mol. The predicted octanol–water partition coefficient (Wildman–Crippen LogP) is 2.67. The molecule has 1 aliphatic rings. The Morgan fingerprint density at radius 2 is 1.88 bits per heavy atom. The lowest BCUT2D eigenvalue weighted by molar-refractivity contribution is 0.265. The summed E-state index contributed by atoms with van der Waals surface area (Å²) in [7, 11) is -3.12. The number of hydrogen-bond acceptors (Lipinski definition) is 4. The standard InChI is InChI=1S/C18H23N3O2S/c1-14-5-7-16(8-6-14)18-17(19-9-10-20-18)12-15-4-3-11-21(13-15)24(2,22)23/h5-10,15H,3-4,11-13H2,1-2H3. The van der Waals surface area contributed by atoms with Gasteiger partial charge in [-0.2, -0.15) is 0 Å². The minimum absolute atomic E-state index is 0.286. The van der Waals surface area contributed by atoms with Crippen LogP contribution in [0.5, 0.6) is 0 Å². The molecule has 0 radical (unpaired) electrons. The van der Waals surface area contributed by atoms with Crippen LogP contribution in [-0.4, -0.2) is 42.0 Å². The van der Waals surface area contributed by atoms with Gasteiger partial charge in [0.05, 0.1) is 17.6 Å². The van der Waals surface area contributed by atoms with Gasteiger partial charge in [-0.05, 0) is 32.1 Å². The summed E-state index contributed by atoms with van der Waals surface area (Å²) in [6.45, 7) is 3.26. The van der Waals surface area contributed by atoms with Gasteiger partial charge in [0.25, 0.3) is 0 Å². The van der Waals surface area contributed by atoms with Crippen LogP contribution in [-0.2, 0) is 16.4 Å². The molecular weight excluding hydrogens is 322 g/mol. The molecule has 1 aromatic carbocycles. The lowest BCUT2D eigenvalue weighted by Gasteiger charge is -2.31. The average Bonchev–Trinajstić information content (AvgIpc) is 2.56. The van der Waals surface area contributed by atoms with Crippen molar-refractivity contribution in [3.63, 3.8) is 0 Å². The Labute approximate surface area is 143 Å². The van der Waals surface area contributed by atoms with Crippen molar-refractivity contribution in [1.29, 1.82) is 0 Å². The largest absolute Gasteiger partial charge is 0.257 e. The highest BCUT2D eigenvalue weighted by Gasteiger charge is 2.27. The molecule has 0 bridgehead atoms. The summed E-state index contributed by atoms with van der Waals surface area (Å²) in [5, 5.41) is 0. The van der Waals surface area contributed by atoms with Gasteiger partial charge in [0, 0.05) is 31.0 Å². The summed E-state index contributed by atoms with van der Waals surface area (Å²) in [5.74, 6) is 0.286. The molecule has 0 spiro atoms. The Hall–Kier alpha value is -1.79. The van der Waals surface area contributed by atoms with E-state index in [2.05, 4.69) is 41.2 Å². The lowest BCUT2D eigenvalue weighted by atomic mass is 9.93. The first-order valence-electron chi connectivity index (χ1n) is 8.25. The number of aryl methyl sites for hydroxylation is 1. The zero-order valence-corrected chi connectivity index (χ0v) is 15.0.